The number of anilines is 1. The van der Waals surface area contributed by atoms with Gasteiger partial charge in [0.25, 0.3) is 0 Å². The Morgan fingerprint density at radius 1 is 1.32 bits per heavy atom. The van der Waals surface area contributed by atoms with Crippen molar-refractivity contribution < 1.29 is 14.7 Å². The molecular formula is C16H18N2O3S. The Morgan fingerprint density at radius 2 is 2.00 bits per heavy atom. The summed E-state index contributed by atoms with van der Waals surface area (Å²) < 4.78 is 0. The number of aromatic carboxylic acids is 1. The van der Waals surface area contributed by atoms with E-state index in [-0.39, 0.29) is 16.7 Å². The Labute approximate surface area is 133 Å². The van der Waals surface area contributed by atoms with Crippen LogP contribution in [0.5, 0.6) is 0 Å². The Morgan fingerprint density at radius 3 is 2.59 bits per heavy atom. The van der Waals surface area contributed by atoms with Crippen LogP contribution in [0, 0.1) is 12.8 Å². The van der Waals surface area contributed by atoms with E-state index in [1.807, 2.05) is 32.0 Å². The fraction of sp³-hybridized carbons (Fsp3) is 0.312. The van der Waals surface area contributed by atoms with E-state index in [0.717, 1.165) is 16.9 Å². The number of carbonyl (C=O) groups is 2. The molecule has 0 saturated carbocycles. The van der Waals surface area contributed by atoms with Gasteiger partial charge in [-0.2, -0.15) is 0 Å². The van der Waals surface area contributed by atoms with Gasteiger partial charge in [-0.3, -0.25) is 4.79 Å². The quantitative estimate of drug-likeness (QED) is 0.878. The first-order chi connectivity index (χ1) is 10.4. The van der Waals surface area contributed by atoms with Crippen molar-refractivity contribution in [3.8, 4) is 10.6 Å². The summed E-state index contributed by atoms with van der Waals surface area (Å²) in [6, 6.07) is 7.29. The molecule has 0 atom stereocenters. The third kappa shape index (κ3) is 3.71. The van der Waals surface area contributed by atoms with E-state index in [1.54, 1.807) is 13.0 Å². The second-order valence-corrected chi connectivity index (χ2v) is 6.43. The molecule has 0 aliphatic heterocycles. The van der Waals surface area contributed by atoms with Gasteiger partial charge in [-0.05, 0) is 25.0 Å². The lowest BCUT2D eigenvalue weighted by Crippen LogP contribution is -2.14. The van der Waals surface area contributed by atoms with Crippen molar-refractivity contribution in [2.24, 2.45) is 5.92 Å². The molecule has 0 bridgehead atoms. The van der Waals surface area contributed by atoms with E-state index < -0.39 is 5.97 Å². The molecule has 0 unspecified atom stereocenters. The molecule has 0 aliphatic rings. The first-order valence-electron chi connectivity index (χ1n) is 6.98. The third-order valence-corrected chi connectivity index (χ3v) is 4.19. The summed E-state index contributed by atoms with van der Waals surface area (Å²) in [5, 5.41) is 12.6. The van der Waals surface area contributed by atoms with Gasteiger partial charge in [0.1, 0.15) is 9.88 Å². The van der Waals surface area contributed by atoms with Crippen LogP contribution in [0.4, 0.5) is 5.69 Å². The molecule has 2 N–H and O–H groups in total. The van der Waals surface area contributed by atoms with Crippen molar-refractivity contribution in [1.82, 2.24) is 4.98 Å². The maximum atomic E-state index is 12.0. The number of para-hydroxylation sites is 1. The molecule has 22 heavy (non-hydrogen) atoms. The van der Waals surface area contributed by atoms with Crippen LogP contribution in [0.2, 0.25) is 0 Å². The van der Waals surface area contributed by atoms with Crippen molar-refractivity contribution in [1.29, 1.82) is 0 Å². The van der Waals surface area contributed by atoms with Gasteiger partial charge in [0, 0.05) is 12.0 Å². The van der Waals surface area contributed by atoms with Crippen molar-refractivity contribution >= 4 is 28.9 Å². The summed E-state index contributed by atoms with van der Waals surface area (Å²) in [5.41, 5.74) is 1.87. The van der Waals surface area contributed by atoms with Crippen LogP contribution in [0.15, 0.2) is 24.3 Å². The summed E-state index contributed by atoms with van der Waals surface area (Å²) >= 11 is 1.11. The average molecular weight is 318 g/mol. The zero-order valence-electron chi connectivity index (χ0n) is 12.7. The van der Waals surface area contributed by atoms with E-state index in [2.05, 4.69) is 10.3 Å². The van der Waals surface area contributed by atoms with Gasteiger partial charge >= 0.3 is 5.97 Å². The predicted molar refractivity (Wildman–Crippen MR) is 87.3 cm³/mol. The smallest absolute Gasteiger partial charge is 0.347 e. The zero-order valence-corrected chi connectivity index (χ0v) is 13.5. The van der Waals surface area contributed by atoms with Crippen molar-refractivity contribution in [3.05, 3.63) is 34.8 Å². The van der Waals surface area contributed by atoms with Gasteiger partial charge < -0.3 is 10.4 Å². The van der Waals surface area contributed by atoms with Gasteiger partial charge in [-0.25, -0.2) is 9.78 Å². The summed E-state index contributed by atoms with van der Waals surface area (Å²) in [4.78, 5) is 27.7. The fourth-order valence-corrected chi connectivity index (χ4v) is 3.01. The average Bonchev–Trinajstić information content (AvgIpc) is 2.80. The third-order valence-electron chi connectivity index (χ3n) is 3.02. The molecule has 1 heterocycles. The summed E-state index contributed by atoms with van der Waals surface area (Å²) in [6.45, 7) is 5.63. The molecule has 1 aromatic heterocycles. The molecule has 0 saturated heterocycles. The standard InChI is InChI=1S/C16H18N2O3S/c1-9(2)8-13(19)18-12-7-5-4-6-11(12)15-17-10(3)14(22-15)16(20)21/h4-7,9H,8H2,1-3H3,(H,18,19)(H,20,21). The van der Waals surface area contributed by atoms with Gasteiger partial charge in [0.15, 0.2) is 0 Å². The number of aryl methyl sites for hydroxylation is 1. The van der Waals surface area contributed by atoms with Gasteiger partial charge in [-0.15, -0.1) is 11.3 Å². The number of nitrogens with zero attached hydrogens (tertiary/aromatic N) is 1. The van der Waals surface area contributed by atoms with E-state index >= 15 is 0 Å². The monoisotopic (exact) mass is 318 g/mol. The molecule has 0 radical (unpaired) electrons. The number of hydrogen-bond acceptors (Lipinski definition) is 4. The Bertz CT molecular complexity index is 707. The molecule has 0 aliphatic carbocycles. The van der Waals surface area contributed by atoms with E-state index in [4.69, 9.17) is 5.11 Å². The van der Waals surface area contributed by atoms with Crippen LogP contribution in [0.1, 0.15) is 35.6 Å². The molecular weight excluding hydrogens is 300 g/mol. The van der Waals surface area contributed by atoms with E-state index in [1.165, 1.54) is 0 Å². The fourth-order valence-electron chi connectivity index (χ4n) is 2.06. The van der Waals surface area contributed by atoms with Crippen LogP contribution in [-0.2, 0) is 4.79 Å². The zero-order chi connectivity index (χ0) is 16.3. The molecule has 0 fully saturated rings. The molecule has 6 heteroatoms. The number of rotatable bonds is 5. The van der Waals surface area contributed by atoms with Gasteiger partial charge in [-0.1, -0.05) is 26.0 Å². The van der Waals surface area contributed by atoms with Crippen LogP contribution in [0.3, 0.4) is 0 Å². The van der Waals surface area contributed by atoms with Crippen LogP contribution in [0.25, 0.3) is 10.6 Å². The van der Waals surface area contributed by atoms with Gasteiger partial charge in [0.05, 0.1) is 11.4 Å². The van der Waals surface area contributed by atoms with Crippen molar-refractivity contribution in [3.63, 3.8) is 0 Å². The maximum absolute atomic E-state index is 12.0. The molecule has 2 aromatic rings. The molecule has 1 aromatic carbocycles. The summed E-state index contributed by atoms with van der Waals surface area (Å²) in [5.74, 6) is -0.773. The minimum atomic E-state index is -0.984. The Kier molecular flexibility index (Phi) is 4.92. The van der Waals surface area contributed by atoms with Crippen LogP contribution >= 0.6 is 11.3 Å². The lowest BCUT2D eigenvalue weighted by Gasteiger charge is -2.10. The number of benzene rings is 1. The van der Waals surface area contributed by atoms with E-state index in [0.29, 0.717) is 22.8 Å². The highest BCUT2D eigenvalue weighted by Gasteiger charge is 2.17. The van der Waals surface area contributed by atoms with Gasteiger partial charge in [0.2, 0.25) is 5.91 Å². The highest BCUT2D eigenvalue weighted by molar-refractivity contribution is 7.17. The highest BCUT2D eigenvalue weighted by atomic mass is 32.1. The molecule has 2 rings (SSSR count). The Hall–Kier alpha value is -2.21. The molecule has 5 nitrogen and oxygen atoms in total. The number of hydrogen-bond donors (Lipinski definition) is 2. The first-order valence-corrected chi connectivity index (χ1v) is 7.80. The molecule has 0 spiro atoms. The number of nitrogens with one attached hydrogen (secondary N) is 1. The Balaban J connectivity index is 2.34. The van der Waals surface area contributed by atoms with Crippen LogP contribution < -0.4 is 5.32 Å². The predicted octanol–water partition coefficient (Wildman–Crippen LogP) is 3.80. The molecule has 116 valence electrons. The molecule has 1 amide bonds. The van der Waals surface area contributed by atoms with E-state index in [9.17, 15) is 9.59 Å². The topological polar surface area (TPSA) is 79.3 Å². The number of carboxylic acids is 1. The normalized spacial score (nSPS) is 10.7. The maximum Gasteiger partial charge on any atom is 0.347 e. The largest absolute Gasteiger partial charge is 0.477 e. The SMILES string of the molecule is Cc1nc(-c2ccccc2NC(=O)CC(C)C)sc1C(=O)O. The highest BCUT2D eigenvalue weighted by Crippen LogP contribution is 2.33. The summed E-state index contributed by atoms with van der Waals surface area (Å²) in [7, 11) is 0. The van der Waals surface area contributed by atoms with Crippen LogP contribution in [-0.4, -0.2) is 22.0 Å². The number of amides is 1. The lowest BCUT2D eigenvalue weighted by molar-refractivity contribution is -0.116. The number of carbonyl (C=O) groups excluding carboxylic acids is 1. The van der Waals surface area contributed by atoms with Crippen molar-refractivity contribution in [2.45, 2.75) is 27.2 Å². The minimum Gasteiger partial charge on any atom is -0.477 e. The summed E-state index contributed by atoms with van der Waals surface area (Å²) in [6.07, 6.45) is 0.436. The second-order valence-electron chi connectivity index (χ2n) is 5.43. The second kappa shape index (κ2) is 6.70. The first kappa shape index (κ1) is 16.2. The number of thiazole rings is 1. The van der Waals surface area contributed by atoms with Crippen molar-refractivity contribution in [2.75, 3.05) is 5.32 Å². The number of carboxylic acid groups (broad SMARTS) is 1. The minimum absolute atomic E-state index is 0.0609. The lowest BCUT2D eigenvalue weighted by atomic mass is 10.1. The number of aromatic nitrogens is 1.